The Balaban J connectivity index is 1.57. The number of primary sulfonamides is 1. The molecular weight excluding hydrogens is 366 g/mol. The van der Waals surface area contributed by atoms with Crippen molar-refractivity contribution >= 4 is 33.2 Å². The smallest absolute Gasteiger partial charge is 0.238 e. The Morgan fingerprint density at radius 3 is 2.52 bits per heavy atom. The molecule has 1 aliphatic heterocycles. The van der Waals surface area contributed by atoms with Crippen LogP contribution in [-0.2, 0) is 26.0 Å². The van der Waals surface area contributed by atoms with Crippen molar-refractivity contribution in [3.05, 3.63) is 54.1 Å². The van der Waals surface area contributed by atoms with Crippen molar-refractivity contribution in [2.45, 2.75) is 30.6 Å². The van der Waals surface area contributed by atoms with E-state index in [1.165, 1.54) is 12.1 Å². The lowest BCUT2D eigenvalue weighted by Gasteiger charge is -2.16. The third-order valence-electron chi connectivity index (χ3n) is 4.41. The second-order valence-electron chi connectivity index (χ2n) is 6.44. The molecule has 2 aromatic rings. The highest BCUT2D eigenvalue weighted by molar-refractivity contribution is 7.89. The van der Waals surface area contributed by atoms with E-state index in [1.54, 1.807) is 29.2 Å². The molecule has 0 aliphatic carbocycles. The Morgan fingerprint density at radius 2 is 1.89 bits per heavy atom. The maximum Gasteiger partial charge on any atom is 0.238 e. The fraction of sp³-hybridized carbons (Fsp3) is 0.263. The molecule has 2 aromatic carbocycles. The lowest BCUT2D eigenvalue weighted by molar-refractivity contribution is -0.117. The average molecular weight is 387 g/mol. The Labute approximate surface area is 158 Å². The lowest BCUT2D eigenvalue weighted by Crippen LogP contribution is -2.23. The van der Waals surface area contributed by atoms with Crippen LogP contribution < -0.4 is 15.4 Å². The molecule has 2 amide bonds. The third kappa shape index (κ3) is 4.93. The molecule has 8 heteroatoms. The molecule has 3 N–H and O–H groups in total. The summed E-state index contributed by atoms with van der Waals surface area (Å²) in [6.45, 7) is 0.699. The van der Waals surface area contributed by atoms with Crippen LogP contribution in [0.25, 0.3) is 0 Å². The largest absolute Gasteiger partial charge is 0.326 e. The number of nitrogens with zero attached hydrogens (tertiary/aromatic N) is 1. The van der Waals surface area contributed by atoms with Gasteiger partial charge in [-0.3, -0.25) is 9.59 Å². The van der Waals surface area contributed by atoms with Gasteiger partial charge in [-0.1, -0.05) is 18.2 Å². The predicted molar refractivity (Wildman–Crippen MR) is 103 cm³/mol. The van der Waals surface area contributed by atoms with Crippen molar-refractivity contribution in [3.63, 3.8) is 0 Å². The number of anilines is 2. The third-order valence-corrected chi connectivity index (χ3v) is 5.34. The van der Waals surface area contributed by atoms with E-state index in [0.29, 0.717) is 25.1 Å². The number of sulfonamides is 1. The van der Waals surface area contributed by atoms with Gasteiger partial charge in [0.15, 0.2) is 0 Å². The Hall–Kier alpha value is -2.71. The maximum absolute atomic E-state index is 12.2. The highest BCUT2D eigenvalue weighted by atomic mass is 32.2. The van der Waals surface area contributed by atoms with E-state index >= 15 is 0 Å². The van der Waals surface area contributed by atoms with E-state index in [4.69, 9.17) is 5.14 Å². The van der Waals surface area contributed by atoms with E-state index in [-0.39, 0.29) is 23.1 Å². The summed E-state index contributed by atoms with van der Waals surface area (Å²) >= 11 is 0. The van der Waals surface area contributed by atoms with Gasteiger partial charge in [-0.25, -0.2) is 13.6 Å². The van der Waals surface area contributed by atoms with Crippen molar-refractivity contribution in [3.8, 4) is 0 Å². The van der Waals surface area contributed by atoms with Gasteiger partial charge < -0.3 is 10.2 Å². The standard InChI is InChI=1S/C19H21N3O4S/c20-27(25,26)17-9-6-14(7-10-17)8-11-18(23)21-15-3-1-4-16(13-15)22-12-2-5-19(22)24/h1,3-4,6-7,9-10,13H,2,5,8,11-12H2,(H,21,23)(H2,20,25,26). The van der Waals surface area contributed by atoms with Crippen LogP contribution in [0.3, 0.4) is 0 Å². The number of aryl methyl sites for hydroxylation is 1. The molecule has 1 fully saturated rings. The normalized spacial score (nSPS) is 14.4. The first kappa shape index (κ1) is 19.1. The molecule has 142 valence electrons. The number of benzene rings is 2. The van der Waals surface area contributed by atoms with Crippen molar-refractivity contribution in [1.29, 1.82) is 0 Å². The Kier molecular flexibility index (Phi) is 5.57. The predicted octanol–water partition coefficient (Wildman–Crippen LogP) is 2.03. The van der Waals surface area contributed by atoms with Crippen LogP contribution in [0.2, 0.25) is 0 Å². The molecule has 3 rings (SSSR count). The fourth-order valence-electron chi connectivity index (χ4n) is 3.00. The van der Waals surface area contributed by atoms with E-state index < -0.39 is 10.0 Å². The van der Waals surface area contributed by atoms with Gasteiger partial charge in [0.2, 0.25) is 21.8 Å². The maximum atomic E-state index is 12.2. The minimum absolute atomic E-state index is 0.0453. The summed E-state index contributed by atoms with van der Waals surface area (Å²) in [4.78, 5) is 25.8. The number of nitrogens with two attached hydrogens (primary N) is 1. The van der Waals surface area contributed by atoms with Crippen LogP contribution in [-0.4, -0.2) is 26.8 Å². The van der Waals surface area contributed by atoms with E-state index in [2.05, 4.69) is 5.32 Å². The number of carbonyl (C=O) groups excluding carboxylic acids is 2. The fourth-order valence-corrected chi connectivity index (χ4v) is 3.52. The second kappa shape index (κ2) is 7.89. The van der Waals surface area contributed by atoms with Crippen LogP contribution in [0.4, 0.5) is 11.4 Å². The van der Waals surface area contributed by atoms with E-state index in [0.717, 1.165) is 17.7 Å². The summed E-state index contributed by atoms with van der Waals surface area (Å²) in [5.41, 5.74) is 2.27. The van der Waals surface area contributed by atoms with Crippen molar-refractivity contribution in [2.75, 3.05) is 16.8 Å². The first-order valence-corrected chi connectivity index (χ1v) is 10.2. The topological polar surface area (TPSA) is 110 Å². The second-order valence-corrected chi connectivity index (χ2v) is 8.00. The molecule has 0 atom stereocenters. The summed E-state index contributed by atoms with van der Waals surface area (Å²) in [6.07, 6.45) is 2.13. The summed E-state index contributed by atoms with van der Waals surface area (Å²) in [5.74, 6) is -0.0585. The molecular formula is C19H21N3O4S. The summed E-state index contributed by atoms with van der Waals surface area (Å²) in [7, 11) is -3.71. The van der Waals surface area contributed by atoms with E-state index in [1.807, 2.05) is 12.1 Å². The molecule has 0 radical (unpaired) electrons. The highest BCUT2D eigenvalue weighted by Crippen LogP contribution is 2.24. The zero-order valence-electron chi connectivity index (χ0n) is 14.7. The van der Waals surface area contributed by atoms with Crippen LogP contribution in [0, 0.1) is 0 Å². The summed E-state index contributed by atoms with van der Waals surface area (Å²) in [6, 6.07) is 13.4. The number of hydrogen-bond acceptors (Lipinski definition) is 4. The minimum atomic E-state index is -3.71. The molecule has 0 bridgehead atoms. The van der Waals surface area contributed by atoms with Gasteiger partial charge in [0.05, 0.1) is 4.90 Å². The van der Waals surface area contributed by atoms with Gasteiger partial charge in [-0.2, -0.15) is 0 Å². The van der Waals surface area contributed by atoms with Crippen LogP contribution in [0.5, 0.6) is 0 Å². The summed E-state index contributed by atoms with van der Waals surface area (Å²) < 4.78 is 22.5. The SMILES string of the molecule is NS(=O)(=O)c1ccc(CCC(=O)Nc2cccc(N3CCCC3=O)c2)cc1. The van der Waals surface area contributed by atoms with Gasteiger partial charge in [-0.15, -0.1) is 0 Å². The monoisotopic (exact) mass is 387 g/mol. The molecule has 1 heterocycles. The number of rotatable bonds is 6. The van der Waals surface area contributed by atoms with Gasteiger partial charge in [-0.05, 0) is 48.7 Å². The lowest BCUT2D eigenvalue weighted by atomic mass is 10.1. The van der Waals surface area contributed by atoms with Gasteiger partial charge >= 0.3 is 0 Å². The van der Waals surface area contributed by atoms with E-state index in [9.17, 15) is 18.0 Å². The zero-order chi connectivity index (χ0) is 19.4. The number of nitrogens with one attached hydrogen (secondary N) is 1. The molecule has 0 unspecified atom stereocenters. The number of amides is 2. The number of carbonyl (C=O) groups is 2. The Morgan fingerprint density at radius 1 is 1.15 bits per heavy atom. The molecule has 0 spiro atoms. The zero-order valence-corrected chi connectivity index (χ0v) is 15.5. The van der Waals surface area contributed by atoms with Crippen LogP contribution in [0.1, 0.15) is 24.8 Å². The quantitative estimate of drug-likeness (QED) is 0.790. The van der Waals surface area contributed by atoms with Crippen molar-refractivity contribution < 1.29 is 18.0 Å². The van der Waals surface area contributed by atoms with Gasteiger partial charge in [0.1, 0.15) is 0 Å². The van der Waals surface area contributed by atoms with Crippen molar-refractivity contribution in [2.24, 2.45) is 5.14 Å². The van der Waals surface area contributed by atoms with Gasteiger partial charge in [0, 0.05) is 30.8 Å². The summed E-state index contributed by atoms with van der Waals surface area (Å²) in [5, 5.41) is 7.90. The molecule has 0 saturated carbocycles. The average Bonchev–Trinajstić information content (AvgIpc) is 3.06. The minimum Gasteiger partial charge on any atom is -0.326 e. The van der Waals surface area contributed by atoms with Crippen LogP contribution >= 0.6 is 0 Å². The highest BCUT2D eigenvalue weighted by Gasteiger charge is 2.21. The van der Waals surface area contributed by atoms with Gasteiger partial charge in [0.25, 0.3) is 0 Å². The Bertz CT molecular complexity index is 955. The molecule has 7 nitrogen and oxygen atoms in total. The van der Waals surface area contributed by atoms with Crippen molar-refractivity contribution in [1.82, 2.24) is 0 Å². The molecule has 1 saturated heterocycles. The molecule has 0 aromatic heterocycles. The first-order chi connectivity index (χ1) is 12.8. The first-order valence-electron chi connectivity index (χ1n) is 8.65. The molecule has 1 aliphatic rings. The molecule has 27 heavy (non-hydrogen) atoms. The number of hydrogen-bond donors (Lipinski definition) is 2. The van der Waals surface area contributed by atoms with Crippen LogP contribution in [0.15, 0.2) is 53.4 Å².